The van der Waals surface area contributed by atoms with Crippen molar-refractivity contribution in [2.45, 2.75) is 38.3 Å². The van der Waals surface area contributed by atoms with E-state index in [9.17, 15) is 0 Å². The average Bonchev–Trinajstić information content (AvgIpc) is 2.41. The van der Waals surface area contributed by atoms with Gasteiger partial charge in [-0.05, 0) is 44.9 Å². The number of hydrogen-bond acceptors (Lipinski definition) is 3. The Hall–Kier alpha value is -0.610. The molecule has 1 aromatic carbocycles. The van der Waals surface area contributed by atoms with E-state index in [1.54, 1.807) is 0 Å². The van der Waals surface area contributed by atoms with Crippen LogP contribution < -0.4 is 5.73 Å². The number of ether oxygens (including phenoxy) is 1. The highest BCUT2D eigenvalue weighted by atomic mass is 35.5. The van der Waals surface area contributed by atoms with Crippen LogP contribution in [0.3, 0.4) is 0 Å². The van der Waals surface area contributed by atoms with Crippen molar-refractivity contribution >= 4 is 11.6 Å². The number of hydrogen-bond donors (Lipinski definition) is 1. The Bertz CT molecular complexity index is 446. The van der Waals surface area contributed by atoms with E-state index in [4.69, 9.17) is 22.1 Å². The van der Waals surface area contributed by atoms with Crippen LogP contribution in [0.5, 0.6) is 0 Å². The zero-order chi connectivity index (χ0) is 14.8. The second-order valence-corrected chi connectivity index (χ2v) is 6.96. The van der Waals surface area contributed by atoms with Crippen LogP contribution in [-0.4, -0.2) is 42.3 Å². The van der Waals surface area contributed by atoms with Crippen LogP contribution in [0.1, 0.15) is 26.3 Å². The van der Waals surface area contributed by atoms with E-state index in [0.29, 0.717) is 6.54 Å². The molecule has 1 saturated heterocycles. The molecule has 0 aromatic heterocycles. The zero-order valence-corrected chi connectivity index (χ0v) is 13.4. The van der Waals surface area contributed by atoms with Gasteiger partial charge in [0.25, 0.3) is 0 Å². The summed E-state index contributed by atoms with van der Waals surface area (Å²) < 4.78 is 5.62. The van der Waals surface area contributed by atoms with Gasteiger partial charge in [-0.3, -0.25) is 4.90 Å². The lowest BCUT2D eigenvalue weighted by atomic mass is 9.85. The molecule has 0 saturated carbocycles. The Morgan fingerprint density at radius 2 is 2.00 bits per heavy atom. The van der Waals surface area contributed by atoms with Crippen molar-refractivity contribution in [3.8, 4) is 0 Å². The number of nitrogens with two attached hydrogens (primary N) is 1. The predicted octanol–water partition coefficient (Wildman–Crippen LogP) is 2.71. The molecule has 1 unspecified atom stereocenters. The smallest absolute Gasteiger partial charge is 0.0645 e. The maximum atomic E-state index is 6.13. The fourth-order valence-corrected chi connectivity index (χ4v) is 3.30. The molecule has 1 aromatic rings. The summed E-state index contributed by atoms with van der Waals surface area (Å²) in [6.07, 6.45) is 0.921. The Kier molecular flexibility index (Phi) is 4.75. The van der Waals surface area contributed by atoms with Crippen molar-refractivity contribution in [2.24, 2.45) is 5.73 Å². The summed E-state index contributed by atoms with van der Waals surface area (Å²) in [6, 6.07) is 8.06. The Morgan fingerprint density at radius 1 is 1.35 bits per heavy atom. The summed E-state index contributed by atoms with van der Waals surface area (Å²) in [6.45, 7) is 9.77. The highest BCUT2D eigenvalue weighted by Gasteiger charge is 2.41. The molecule has 1 fully saturated rings. The third-order valence-corrected chi connectivity index (χ3v) is 4.49. The van der Waals surface area contributed by atoms with Gasteiger partial charge >= 0.3 is 0 Å². The fourth-order valence-electron chi connectivity index (χ4n) is 3.18. The normalized spacial score (nSPS) is 22.4. The molecule has 112 valence electrons. The minimum Gasteiger partial charge on any atom is -0.378 e. The van der Waals surface area contributed by atoms with E-state index in [2.05, 4.69) is 37.8 Å². The first-order valence-corrected chi connectivity index (χ1v) is 7.55. The topological polar surface area (TPSA) is 38.5 Å². The molecule has 1 aliphatic rings. The molecule has 1 aliphatic heterocycles. The van der Waals surface area contributed by atoms with Crippen molar-refractivity contribution < 1.29 is 4.74 Å². The lowest BCUT2D eigenvalue weighted by Crippen LogP contribution is -2.65. The summed E-state index contributed by atoms with van der Waals surface area (Å²) in [5, 5.41) is 0.773. The van der Waals surface area contributed by atoms with Gasteiger partial charge < -0.3 is 10.5 Å². The maximum Gasteiger partial charge on any atom is 0.0645 e. The molecule has 0 spiro atoms. The minimum absolute atomic E-state index is 0.0127. The Morgan fingerprint density at radius 3 is 2.55 bits per heavy atom. The third kappa shape index (κ3) is 3.34. The molecule has 2 N–H and O–H groups in total. The Balaban J connectivity index is 2.21. The zero-order valence-electron chi connectivity index (χ0n) is 12.7. The Labute approximate surface area is 127 Å². The summed E-state index contributed by atoms with van der Waals surface area (Å²) in [5.74, 6) is 0. The molecule has 3 nitrogen and oxygen atoms in total. The first-order valence-electron chi connectivity index (χ1n) is 7.17. The number of benzene rings is 1. The molecule has 2 rings (SSSR count). The molecular formula is C16H25ClN2O. The van der Waals surface area contributed by atoms with Gasteiger partial charge in [0.15, 0.2) is 0 Å². The minimum atomic E-state index is -0.0683. The largest absolute Gasteiger partial charge is 0.378 e. The van der Waals surface area contributed by atoms with Gasteiger partial charge in [0.1, 0.15) is 0 Å². The third-order valence-electron chi connectivity index (χ3n) is 4.23. The van der Waals surface area contributed by atoms with E-state index in [0.717, 1.165) is 31.2 Å². The van der Waals surface area contributed by atoms with Crippen LogP contribution in [0.15, 0.2) is 24.3 Å². The van der Waals surface area contributed by atoms with Gasteiger partial charge in [0.2, 0.25) is 0 Å². The van der Waals surface area contributed by atoms with E-state index in [1.807, 2.05) is 12.1 Å². The van der Waals surface area contributed by atoms with Crippen molar-refractivity contribution in [1.82, 2.24) is 4.90 Å². The number of rotatable bonds is 4. The second kappa shape index (κ2) is 6.02. The molecular weight excluding hydrogens is 272 g/mol. The van der Waals surface area contributed by atoms with Crippen molar-refractivity contribution in [1.29, 1.82) is 0 Å². The molecule has 1 atom stereocenters. The van der Waals surface area contributed by atoms with Gasteiger partial charge in [-0.25, -0.2) is 0 Å². The van der Waals surface area contributed by atoms with Crippen LogP contribution in [-0.2, 0) is 11.2 Å². The summed E-state index contributed by atoms with van der Waals surface area (Å²) >= 11 is 5.96. The predicted molar refractivity (Wildman–Crippen MR) is 84.2 cm³/mol. The molecule has 1 heterocycles. The summed E-state index contributed by atoms with van der Waals surface area (Å²) in [7, 11) is 0. The van der Waals surface area contributed by atoms with Crippen LogP contribution in [0, 0.1) is 0 Å². The SMILES string of the molecule is CC1(C)COCCN1C(C)(CN)Cc1ccc(Cl)cc1. The highest BCUT2D eigenvalue weighted by molar-refractivity contribution is 6.30. The summed E-state index contributed by atoms with van der Waals surface area (Å²) in [4.78, 5) is 2.50. The maximum absolute atomic E-state index is 6.13. The number of halogens is 1. The molecule has 0 bridgehead atoms. The lowest BCUT2D eigenvalue weighted by Gasteiger charge is -2.52. The van der Waals surface area contributed by atoms with Gasteiger partial charge in [-0.15, -0.1) is 0 Å². The molecule has 4 heteroatoms. The van der Waals surface area contributed by atoms with E-state index < -0.39 is 0 Å². The van der Waals surface area contributed by atoms with Crippen molar-refractivity contribution in [2.75, 3.05) is 26.3 Å². The van der Waals surface area contributed by atoms with Crippen molar-refractivity contribution in [3.05, 3.63) is 34.9 Å². The molecule has 0 aliphatic carbocycles. The number of nitrogens with zero attached hydrogens (tertiary/aromatic N) is 1. The highest BCUT2D eigenvalue weighted by Crippen LogP contribution is 2.30. The van der Waals surface area contributed by atoms with E-state index >= 15 is 0 Å². The van der Waals surface area contributed by atoms with Gasteiger partial charge in [-0.2, -0.15) is 0 Å². The van der Waals surface area contributed by atoms with Gasteiger partial charge in [-0.1, -0.05) is 23.7 Å². The van der Waals surface area contributed by atoms with Crippen LogP contribution in [0.4, 0.5) is 0 Å². The first-order chi connectivity index (χ1) is 9.37. The standard InChI is InChI=1S/C16H25ClN2O/c1-15(2)12-20-9-8-19(15)16(3,11-18)10-13-4-6-14(17)7-5-13/h4-7H,8-12,18H2,1-3H3. The molecule has 20 heavy (non-hydrogen) atoms. The van der Waals surface area contributed by atoms with Gasteiger partial charge in [0, 0.05) is 29.2 Å². The fraction of sp³-hybridized carbons (Fsp3) is 0.625. The van der Waals surface area contributed by atoms with Crippen LogP contribution in [0.25, 0.3) is 0 Å². The summed E-state index contributed by atoms with van der Waals surface area (Å²) in [5.41, 5.74) is 7.34. The first kappa shape index (κ1) is 15.8. The average molecular weight is 297 g/mol. The van der Waals surface area contributed by atoms with E-state index in [-0.39, 0.29) is 11.1 Å². The number of morpholine rings is 1. The van der Waals surface area contributed by atoms with Crippen molar-refractivity contribution in [3.63, 3.8) is 0 Å². The second-order valence-electron chi connectivity index (χ2n) is 6.52. The van der Waals surface area contributed by atoms with E-state index in [1.165, 1.54) is 5.56 Å². The van der Waals surface area contributed by atoms with Crippen LogP contribution >= 0.6 is 11.6 Å². The monoisotopic (exact) mass is 296 g/mol. The molecule has 0 amide bonds. The lowest BCUT2D eigenvalue weighted by molar-refractivity contribution is -0.0984. The van der Waals surface area contributed by atoms with Gasteiger partial charge in [0.05, 0.1) is 13.2 Å². The van der Waals surface area contributed by atoms with Crippen LogP contribution in [0.2, 0.25) is 5.02 Å². The quantitative estimate of drug-likeness (QED) is 0.928. The molecule has 0 radical (unpaired) electrons.